The molecule has 1 atom stereocenters. The summed E-state index contributed by atoms with van der Waals surface area (Å²) in [6.45, 7) is 0. The normalized spacial score (nSPS) is 12.1. The van der Waals surface area contributed by atoms with Gasteiger partial charge in [0.05, 0.1) is 11.3 Å². The molecule has 0 aliphatic carbocycles. The number of aliphatic hydroxyl groups is 1. The highest BCUT2D eigenvalue weighted by atomic mass is 32.2. The zero-order valence-corrected chi connectivity index (χ0v) is 20.7. The summed E-state index contributed by atoms with van der Waals surface area (Å²) in [6, 6.07) is 13.6. The van der Waals surface area contributed by atoms with Crippen LogP contribution in [0, 0.1) is 17.5 Å². The van der Waals surface area contributed by atoms with E-state index < -0.39 is 29.1 Å². The molecule has 0 saturated carbocycles. The van der Waals surface area contributed by atoms with Crippen molar-refractivity contribution in [2.75, 3.05) is 23.7 Å². The molecule has 0 bridgehead atoms. The molecule has 0 radical (unpaired) electrons. The molecule has 2 aromatic carbocycles. The first-order valence-electron chi connectivity index (χ1n) is 11.3. The van der Waals surface area contributed by atoms with Crippen LogP contribution in [0.3, 0.4) is 0 Å². The van der Waals surface area contributed by atoms with E-state index in [0.717, 1.165) is 35.0 Å². The van der Waals surface area contributed by atoms with Crippen molar-refractivity contribution in [3.05, 3.63) is 102 Å². The van der Waals surface area contributed by atoms with Gasteiger partial charge in [0.15, 0.2) is 5.82 Å². The maximum absolute atomic E-state index is 15.4. The molecule has 3 N–H and O–H groups in total. The minimum Gasteiger partial charge on any atom is -0.383 e. The number of rotatable bonds is 7. The number of benzene rings is 2. The highest BCUT2D eigenvalue weighted by Gasteiger charge is 2.25. The zero-order chi connectivity index (χ0) is 26.1. The van der Waals surface area contributed by atoms with Gasteiger partial charge in [-0.15, -0.1) is 0 Å². The first-order chi connectivity index (χ1) is 17.8. The van der Waals surface area contributed by atoms with Crippen LogP contribution in [0.2, 0.25) is 0 Å². The third-order valence-electron chi connectivity index (χ3n) is 5.87. The molecule has 3 aromatic heterocycles. The first kappa shape index (κ1) is 24.7. The van der Waals surface area contributed by atoms with Crippen molar-refractivity contribution in [1.29, 1.82) is 0 Å². The van der Waals surface area contributed by atoms with Gasteiger partial charge in [0.25, 0.3) is 0 Å². The highest BCUT2D eigenvalue weighted by Crippen LogP contribution is 2.36. The van der Waals surface area contributed by atoms with Crippen molar-refractivity contribution in [2.24, 2.45) is 0 Å². The van der Waals surface area contributed by atoms with Crippen LogP contribution in [-0.2, 0) is 0 Å². The number of hydrogen-bond donors (Lipinski definition) is 3. The standard InChI is InChI=1S/C27H22F3N5OS/c1-35(2)23-9-6-15(12-31-23)16-10-19-20(14-33-27(19)32-13-16)26(36)24-21(29)7-8-22(25(24)30)34-37-18-5-3-4-17(28)11-18/h3-14,26,34,36H,1-2H3,(H,32,33). The molecular formula is C27H22F3N5OS. The molecule has 10 heteroatoms. The van der Waals surface area contributed by atoms with Crippen molar-refractivity contribution in [3.8, 4) is 11.1 Å². The fraction of sp³-hybridized carbons (Fsp3) is 0.111. The summed E-state index contributed by atoms with van der Waals surface area (Å²) in [7, 11) is 3.79. The van der Waals surface area contributed by atoms with E-state index in [1.54, 1.807) is 24.5 Å². The first-order valence-corrected chi connectivity index (χ1v) is 12.1. The lowest BCUT2D eigenvalue weighted by molar-refractivity contribution is 0.211. The smallest absolute Gasteiger partial charge is 0.156 e. The number of pyridine rings is 2. The van der Waals surface area contributed by atoms with Crippen LogP contribution in [-0.4, -0.2) is 34.2 Å². The minimum atomic E-state index is -1.61. The molecule has 3 heterocycles. The van der Waals surface area contributed by atoms with Crippen molar-refractivity contribution in [1.82, 2.24) is 15.0 Å². The maximum Gasteiger partial charge on any atom is 0.156 e. The molecule has 0 saturated heterocycles. The number of anilines is 2. The number of nitrogens with one attached hydrogen (secondary N) is 2. The number of H-pyrrole nitrogens is 1. The van der Waals surface area contributed by atoms with Crippen LogP contribution in [0.25, 0.3) is 22.2 Å². The summed E-state index contributed by atoms with van der Waals surface area (Å²) in [5, 5.41) is 11.6. The quantitative estimate of drug-likeness (QED) is 0.218. The Labute approximate surface area is 215 Å². The number of aromatic nitrogens is 3. The molecule has 188 valence electrons. The molecule has 0 aliphatic heterocycles. The van der Waals surface area contributed by atoms with Gasteiger partial charge in [-0.3, -0.25) is 0 Å². The second-order valence-corrected chi connectivity index (χ2v) is 9.43. The van der Waals surface area contributed by atoms with E-state index in [9.17, 15) is 13.9 Å². The van der Waals surface area contributed by atoms with Gasteiger partial charge in [-0.1, -0.05) is 6.07 Å². The topological polar surface area (TPSA) is 77.1 Å². The number of nitrogens with zero attached hydrogens (tertiary/aromatic N) is 3. The van der Waals surface area contributed by atoms with E-state index in [1.165, 1.54) is 30.5 Å². The minimum absolute atomic E-state index is 0.0459. The fourth-order valence-electron chi connectivity index (χ4n) is 3.93. The van der Waals surface area contributed by atoms with Crippen molar-refractivity contribution in [2.45, 2.75) is 11.0 Å². The summed E-state index contributed by atoms with van der Waals surface area (Å²) >= 11 is 0.971. The van der Waals surface area contributed by atoms with E-state index in [2.05, 4.69) is 19.7 Å². The number of fused-ring (bicyclic) bond motifs is 1. The molecule has 1 unspecified atom stereocenters. The van der Waals surface area contributed by atoms with Crippen LogP contribution in [0.15, 0.2) is 78.1 Å². The van der Waals surface area contributed by atoms with Crippen LogP contribution >= 0.6 is 11.9 Å². The number of halogens is 3. The molecule has 5 aromatic rings. The number of aliphatic hydroxyl groups excluding tert-OH is 1. The van der Waals surface area contributed by atoms with Crippen molar-refractivity contribution < 1.29 is 18.3 Å². The molecule has 37 heavy (non-hydrogen) atoms. The average Bonchev–Trinajstić information content (AvgIpc) is 3.32. The predicted octanol–water partition coefficient (Wildman–Crippen LogP) is 6.31. The van der Waals surface area contributed by atoms with Crippen molar-refractivity contribution in [3.63, 3.8) is 0 Å². The molecule has 6 nitrogen and oxygen atoms in total. The second-order valence-electron chi connectivity index (χ2n) is 8.55. The van der Waals surface area contributed by atoms with Crippen LogP contribution in [0.5, 0.6) is 0 Å². The molecule has 0 fully saturated rings. The van der Waals surface area contributed by atoms with E-state index in [-0.39, 0.29) is 11.3 Å². The van der Waals surface area contributed by atoms with Gasteiger partial charge >= 0.3 is 0 Å². The Hall–Kier alpha value is -4.02. The Bertz CT molecular complexity index is 1570. The third-order valence-corrected chi connectivity index (χ3v) is 6.68. The maximum atomic E-state index is 15.4. The number of aromatic amines is 1. The van der Waals surface area contributed by atoms with Gasteiger partial charge in [0.1, 0.15) is 29.2 Å². The monoisotopic (exact) mass is 521 g/mol. The second kappa shape index (κ2) is 10.2. The largest absolute Gasteiger partial charge is 0.383 e. The Kier molecular flexibility index (Phi) is 6.77. The molecular weight excluding hydrogens is 499 g/mol. The Morgan fingerprint density at radius 1 is 0.973 bits per heavy atom. The van der Waals surface area contributed by atoms with Crippen LogP contribution < -0.4 is 9.62 Å². The lowest BCUT2D eigenvalue weighted by Gasteiger charge is -2.16. The van der Waals surface area contributed by atoms with Crippen LogP contribution in [0.4, 0.5) is 24.7 Å². The van der Waals surface area contributed by atoms with E-state index in [4.69, 9.17) is 0 Å². The Morgan fingerprint density at radius 3 is 2.51 bits per heavy atom. The predicted molar refractivity (Wildman–Crippen MR) is 140 cm³/mol. The SMILES string of the molecule is CN(C)c1ccc(-c2cnc3[nH]cc(C(O)c4c(F)ccc(NSc5cccc(F)c5)c4F)c3c2)cn1. The molecule has 0 spiro atoms. The lowest BCUT2D eigenvalue weighted by atomic mass is 9.98. The number of hydrogen-bond acceptors (Lipinski definition) is 6. The van der Waals surface area contributed by atoms with Gasteiger partial charge in [0.2, 0.25) is 0 Å². The third kappa shape index (κ3) is 4.98. The van der Waals surface area contributed by atoms with E-state index >= 15 is 4.39 Å². The fourth-order valence-corrected chi connectivity index (χ4v) is 4.63. The van der Waals surface area contributed by atoms with E-state index in [1.807, 2.05) is 31.1 Å². The van der Waals surface area contributed by atoms with Crippen LogP contribution in [0.1, 0.15) is 17.2 Å². The molecule has 5 rings (SSSR count). The van der Waals surface area contributed by atoms with E-state index in [0.29, 0.717) is 15.9 Å². The summed E-state index contributed by atoms with van der Waals surface area (Å²) in [4.78, 5) is 14.2. The molecule has 0 aliphatic rings. The van der Waals surface area contributed by atoms with Gasteiger partial charge < -0.3 is 19.7 Å². The summed E-state index contributed by atoms with van der Waals surface area (Å²) in [6.07, 6.45) is 3.25. The van der Waals surface area contributed by atoms with Crippen molar-refractivity contribution >= 4 is 34.5 Å². The van der Waals surface area contributed by atoms with Gasteiger partial charge in [-0.05, 0) is 60.5 Å². The average molecular weight is 522 g/mol. The zero-order valence-electron chi connectivity index (χ0n) is 19.8. The van der Waals surface area contributed by atoms with Gasteiger partial charge in [-0.2, -0.15) is 0 Å². The summed E-state index contributed by atoms with van der Waals surface area (Å²) < 4.78 is 46.5. The Balaban J connectivity index is 1.47. The van der Waals surface area contributed by atoms with Gasteiger partial charge in [-0.25, -0.2) is 23.1 Å². The molecule has 0 amide bonds. The lowest BCUT2D eigenvalue weighted by Crippen LogP contribution is -2.10. The Morgan fingerprint density at radius 2 is 1.78 bits per heavy atom. The van der Waals surface area contributed by atoms with Gasteiger partial charge in [0, 0.05) is 59.7 Å². The summed E-state index contributed by atoms with van der Waals surface area (Å²) in [5.41, 5.74) is 1.73. The summed E-state index contributed by atoms with van der Waals surface area (Å²) in [5.74, 6) is -1.48. The highest BCUT2D eigenvalue weighted by molar-refractivity contribution is 8.00.